The second-order valence-electron chi connectivity index (χ2n) is 4.38. The van der Waals surface area contributed by atoms with Crippen molar-refractivity contribution in [2.45, 2.75) is 57.8 Å². The molecule has 1 rings (SSSR count). The molecule has 0 aromatic rings. The summed E-state index contributed by atoms with van der Waals surface area (Å²) in [7, 11) is 0. The molecule has 0 aromatic carbocycles. The zero-order chi connectivity index (χ0) is 11.3. The normalized spacial score (nSPS) is 31.5. The molecule has 2 N–H and O–H groups in total. The third-order valence-electron chi connectivity index (χ3n) is 2.70. The molecule has 0 radical (unpaired) electrons. The maximum atomic E-state index is 10.3. The number of nitrogens with one attached hydrogen (secondary N) is 1. The number of ether oxygens (including phenoxy) is 1. The molecule has 0 amide bonds. The monoisotopic (exact) mass is 215 g/mol. The minimum Gasteiger partial charge on any atom is -0.481 e. The van der Waals surface area contributed by atoms with Crippen molar-refractivity contribution >= 4 is 5.97 Å². The number of aliphatic carboxylic acids is 1. The van der Waals surface area contributed by atoms with Crippen molar-refractivity contribution in [1.82, 2.24) is 5.32 Å². The van der Waals surface area contributed by atoms with Gasteiger partial charge in [-0.25, -0.2) is 0 Å². The largest absolute Gasteiger partial charge is 0.481 e. The van der Waals surface area contributed by atoms with E-state index in [0.717, 1.165) is 19.4 Å². The van der Waals surface area contributed by atoms with Gasteiger partial charge in [0.1, 0.15) is 0 Å². The molecule has 0 aromatic heterocycles. The summed E-state index contributed by atoms with van der Waals surface area (Å²) in [6.45, 7) is 4.96. The number of carboxylic acid groups (broad SMARTS) is 1. The number of carboxylic acids is 1. The fourth-order valence-electron chi connectivity index (χ4n) is 2.12. The van der Waals surface area contributed by atoms with Gasteiger partial charge in [0.05, 0.1) is 12.2 Å². The van der Waals surface area contributed by atoms with E-state index in [1.165, 1.54) is 0 Å². The highest BCUT2D eigenvalue weighted by molar-refractivity contribution is 5.66. The second-order valence-corrected chi connectivity index (χ2v) is 4.38. The Balaban J connectivity index is 2.12. The Hall–Kier alpha value is -0.610. The lowest BCUT2D eigenvalue weighted by molar-refractivity contribution is -0.137. The summed E-state index contributed by atoms with van der Waals surface area (Å²) in [6, 6.07) is 0.484. The Morgan fingerprint density at radius 1 is 1.40 bits per heavy atom. The fraction of sp³-hybridized carbons (Fsp3) is 0.909. The Bertz CT molecular complexity index is 198. The van der Waals surface area contributed by atoms with Gasteiger partial charge in [-0.15, -0.1) is 0 Å². The molecule has 1 saturated heterocycles. The lowest BCUT2D eigenvalue weighted by atomic mass is 10.00. The number of hydrogen-bond acceptors (Lipinski definition) is 3. The molecule has 15 heavy (non-hydrogen) atoms. The van der Waals surface area contributed by atoms with Crippen molar-refractivity contribution in [3.63, 3.8) is 0 Å². The molecule has 0 aliphatic carbocycles. The summed E-state index contributed by atoms with van der Waals surface area (Å²) in [5.41, 5.74) is 0. The van der Waals surface area contributed by atoms with E-state index in [2.05, 4.69) is 19.2 Å². The van der Waals surface area contributed by atoms with Crippen LogP contribution in [0.3, 0.4) is 0 Å². The summed E-state index contributed by atoms with van der Waals surface area (Å²) in [5.74, 6) is -0.717. The first-order valence-corrected chi connectivity index (χ1v) is 5.68. The molecule has 1 heterocycles. The van der Waals surface area contributed by atoms with Crippen LogP contribution >= 0.6 is 0 Å². The number of hydrogen-bond donors (Lipinski definition) is 2. The molecule has 4 heteroatoms. The molecule has 2 atom stereocenters. The summed E-state index contributed by atoms with van der Waals surface area (Å²) in [5, 5.41) is 11.9. The predicted molar refractivity (Wildman–Crippen MR) is 57.9 cm³/mol. The van der Waals surface area contributed by atoms with Crippen molar-refractivity contribution in [1.29, 1.82) is 0 Å². The highest BCUT2D eigenvalue weighted by Crippen LogP contribution is 2.18. The lowest BCUT2D eigenvalue weighted by Crippen LogP contribution is -2.41. The third kappa shape index (κ3) is 5.14. The first-order chi connectivity index (χ1) is 7.08. The first kappa shape index (κ1) is 12.5. The van der Waals surface area contributed by atoms with Crippen LogP contribution in [0.2, 0.25) is 0 Å². The van der Waals surface area contributed by atoms with E-state index in [-0.39, 0.29) is 6.42 Å². The quantitative estimate of drug-likeness (QED) is 0.680. The molecule has 0 spiro atoms. The number of rotatable bonds is 5. The Morgan fingerprint density at radius 2 is 2.00 bits per heavy atom. The van der Waals surface area contributed by atoms with Crippen molar-refractivity contribution in [3.8, 4) is 0 Å². The molecule has 2 unspecified atom stereocenters. The van der Waals surface area contributed by atoms with Gasteiger partial charge in [0.25, 0.3) is 0 Å². The lowest BCUT2D eigenvalue weighted by Gasteiger charge is -2.32. The molecule has 4 nitrogen and oxygen atoms in total. The van der Waals surface area contributed by atoms with Gasteiger partial charge < -0.3 is 15.2 Å². The van der Waals surface area contributed by atoms with Gasteiger partial charge in [0, 0.05) is 12.5 Å². The minimum absolute atomic E-state index is 0.251. The fourth-order valence-corrected chi connectivity index (χ4v) is 2.12. The predicted octanol–water partition coefficient (Wildman–Crippen LogP) is 1.40. The zero-order valence-corrected chi connectivity index (χ0v) is 9.53. The van der Waals surface area contributed by atoms with Gasteiger partial charge in [0.2, 0.25) is 0 Å². The van der Waals surface area contributed by atoms with Crippen LogP contribution in [0.25, 0.3) is 0 Å². The van der Waals surface area contributed by atoms with Gasteiger partial charge in [-0.05, 0) is 39.7 Å². The van der Waals surface area contributed by atoms with E-state index >= 15 is 0 Å². The molecule has 0 bridgehead atoms. The maximum absolute atomic E-state index is 10.3. The van der Waals surface area contributed by atoms with E-state index in [1.807, 2.05) is 0 Å². The summed E-state index contributed by atoms with van der Waals surface area (Å²) < 4.78 is 5.63. The Kier molecular flexibility index (Phi) is 5.05. The third-order valence-corrected chi connectivity index (χ3v) is 2.70. The molecular formula is C11H21NO3. The molecule has 1 fully saturated rings. The van der Waals surface area contributed by atoms with E-state index in [0.29, 0.717) is 24.7 Å². The molecule has 1 aliphatic heterocycles. The van der Waals surface area contributed by atoms with Crippen LogP contribution < -0.4 is 5.32 Å². The standard InChI is InChI=1S/C11H21NO3/c1-8-6-10(7-9(2)15-8)12-5-3-4-11(13)14/h8-10,12H,3-7H2,1-2H3,(H,13,14). The molecule has 0 saturated carbocycles. The average Bonchev–Trinajstić information content (AvgIpc) is 2.10. The van der Waals surface area contributed by atoms with Gasteiger partial charge in [0.15, 0.2) is 0 Å². The number of carbonyl (C=O) groups is 1. The topological polar surface area (TPSA) is 58.6 Å². The smallest absolute Gasteiger partial charge is 0.303 e. The molecule has 1 aliphatic rings. The highest BCUT2D eigenvalue weighted by Gasteiger charge is 2.23. The first-order valence-electron chi connectivity index (χ1n) is 5.68. The van der Waals surface area contributed by atoms with Crippen LogP contribution in [-0.4, -0.2) is 35.9 Å². The maximum Gasteiger partial charge on any atom is 0.303 e. The zero-order valence-electron chi connectivity index (χ0n) is 9.53. The van der Waals surface area contributed by atoms with Crippen LogP contribution in [0.1, 0.15) is 39.5 Å². The van der Waals surface area contributed by atoms with Crippen molar-refractivity contribution in [2.75, 3.05) is 6.54 Å². The molecular weight excluding hydrogens is 194 g/mol. The average molecular weight is 215 g/mol. The van der Waals surface area contributed by atoms with E-state index in [9.17, 15) is 4.79 Å². The second kappa shape index (κ2) is 6.08. The van der Waals surface area contributed by atoms with Crippen molar-refractivity contribution < 1.29 is 14.6 Å². The SMILES string of the molecule is CC1CC(NCCCC(=O)O)CC(C)O1. The Morgan fingerprint density at radius 3 is 2.53 bits per heavy atom. The van der Waals surface area contributed by atoms with Crippen LogP contribution in [0.5, 0.6) is 0 Å². The Labute approximate surface area is 91.0 Å². The van der Waals surface area contributed by atoms with Gasteiger partial charge in [-0.3, -0.25) is 4.79 Å². The van der Waals surface area contributed by atoms with Crippen LogP contribution in [0, 0.1) is 0 Å². The minimum atomic E-state index is -0.717. The van der Waals surface area contributed by atoms with Crippen LogP contribution in [-0.2, 0) is 9.53 Å². The van der Waals surface area contributed by atoms with Gasteiger partial charge in [-0.2, -0.15) is 0 Å². The van der Waals surface area contributed by atoms with Gasteiger partial charge in [-0.1, -0.05) is 0 Å². The molecule has 88 valence electrons. The van der Waals surface area contributed by atoms with E-state index in [4.69, 9.17) is 9.84 Å². The summed E-state index contributed by atoms with van der Waals surface area (Å²) in [4.78, 5) is 10.3. The van der Waals surface area contributed by atoms with E-state index < -0.39 is 5.97 Å². The van der Waals surface area contributed by atoms with Crippen molar-refractivity contribution in [2.24, 2.45) is 0 Å². The summed E-state index contributed by atoms with van der Waals surface area (Å²) >= 11 is 0. The van der Waals surface area contributed by atoms with Gasteiger partial charge >= 0.3 is 5.97 Å². The van der Waals surface area contributed by atoms with E-state index in [1.54, 1.807) is 0 Å². The highest BCUT2D eigenvalue weighted by atomic mass is 16.5. The van der Waals surface area contributed by atoms with Crippen LogP contribution in [0.15, 0.2) is 0 Å². The summed E-state index contributed by atoms with van der Waals surface area (Å²) in [6.07, 6.45) is 3.63. The van der Waals surface area contributed by atoms with Crippen LogP contribution in [0.4, 0.5) is 0 Å². The van der Waals surface area contributed by atoms with Crippen molar-refractivity contribution in [3.05, 3.63) is 0 Å².